The van der Waals surface area contributed by atoms with Gasteiger partial charge in [0.05, 0.1) is 5.56 Å². The Kier molecular flexibility index (Phi) is 4.67. The van der Waals surface area contributed by atoms with Crippen LogP contribution in [0.2, 0.25) is 0 Å². The molecular formula is C20H24N2OS. The van der Waals surface area contributed by atoms with Crippen molar-refractivity contribution in [3.05, 3.63) is 51.2 Å². The normalized spacial score (nSPS) is 18.2. The lowest BCUT2D eigenvalue weighted by molar-refractivity contribution is 0.102. The van der Waals surface area contributed by atoms with E-state index in [4.69, 9.17) is 0 Å². The van der Waals surface area contributed by atoms with Crippen molar-refractivity contribution in [1.29, 1.82) is 0 Å². The molecular weight excluding hydrogens is 316 g/mol. The van der Waals surface area contributed by atoms with Gasteiger partial charge in [-0.3, -0.25) is 4.79 Å². The summed E-state index contributed by atoms with van der Waals surface area (Å²) in [6.07, 6.45) is 7.60. The summed E-state index contributed by atoms with van der Waals surface area (Å²) in [6, 6.07) is 8.33. The van der Waals surface area contributed by atoms with E-state index < -0.39 is 0 Å². The Balaban J connectivity index is 1.50. The molecule has 2 aromatic rings. The van der Waals surface area contributed by atoms with Gasteiger partial charge in [0.25, 0.3) is 5.91 Å². The van der Waals surface area contributed by atoms with E-state index in [1.165, 1.54) is 48.1 Å². The fourth-order valence-electron chi connectivity index (χ4n) is 3.90. The zero-order valence-electron chi connectivity index (χ0n) is 13.9. The van der Waals surface area contributed by atoms with Crippen LogP contribution in [0.4, 0.5) is 5.69 Å². The van der Waals surface area contributed by atoms with Crippen molar-refractivity contribution in [3.8, 4) is 0 Å². The van der Waals surface area contributed by atoms with Crippen LogP contribution in [0, 0.1) is 0 Å². The second-order valence-corrected chi connectivity index (χ2v) is 7.84. The van der Waals surface area contributed by atoms with Crippen LogP contribution in [0.5, 0.6) is 0 Å². The monoisotopic (exact) mass is 340 g/mol. The molecule has 24 heavy (non-hydrogen) atoms. The molecule has 4 heteroatoms. The molecule has 1 aliphatic carbocycles. The average molecular weight is 340 g/mol. The van der Waals surface area contributed by atoms with Crippen LogP contribution in [0.25, 0.3) is 0 Å². The molecule has 1 aromatic heterocycles. The summed E-state index contributed by atoms with van der Waals surface area (Å²) in [6.45, 7) is 1.85. The first-order valence-corrected chi connectivity index (χ1v) is 9.90. The zero-order chi connectivity index (χ0) is 16.4. The summed E-state index contributed by atoms with van der Waals surface area (Å²) >= 11 is 1.75. The van der Waals surface area contributed by atoms with Gasteiger partial charge in [-0.1, -0.05) is 31.4 Å². The maximum Gasteiger partial charge on any atom is 0.256 e. The lowest BCUT2D eigenvalue weighted by Crippen LogP contribution is -2.25. The van der Waals surface area contributed by atoms with Crippen LogP contribution < -0.4 is 10.6 Å². The predicted octanol–water partition coefficient (Wildman–Crippen LogP) is 4.69. The van der Waals surface area contributed by atoms with Crippen LogP contribution >= 0.6 is 11.3 Å². The van der Waals surface area contributed by atoms with Gasteiger partial charge in [0, 0.05) is 22.5 Å². The number of amides is 1. The zero-order valence-corrected chi connectivity index (χ0v) is 14.8. The predicted molar refractivity (Wildman–Crippen MR) is 100.0 cm³/mol. The van der Waals surface area contributed by atoms with E-state index in [1.807, 2.05) is 17.5 Å². The van der Waals surface area contributed by atoms with E-state index in [0.717, 1.165) is 30.8 Å². The number of thiophene rings is 1. The Bertz CT molecular complexity index is 731. The third-order valence-electron chi connectivity index (χ3n) is 5.28. The van der Waals surface area contributed by atoms with Crippen molar-refractivity contribution >= 4 is 22.9 Å². The maximum atomic E-state index is 12.7. The highest BCUT2D eigenvalue weighted by Crippen LogP contribution is 2.36. The molecule has 1 amide bonds. The number of anilines is 1. The second-order valence-electron chi connectivity index (χ2n) is 6.90. The quantitative estimate of drug-likeness (QED) is 0.851. The Labute approximate surface area is 147 Å². The van der Waals surface area contributed by atoms with Crippen LogP contribution in [-0.2, 0) is 13.0 Å². The molecule has 0 atom stereocenters. The first kappa shape index (κ1) is 15.9. The number of hydrogen-bond acceptors (Lipinski definition) is 3. The number of benzene rings is 1. The molecule has 0 unspecified atom stereocenters. The van der Waals surface area contributed by atoms with Crippen LogP contribution in [0.15, 0.2) is 29.6 Å². The number of carbonyl (C=O) groups excluding carboxylic acids is 1. The number of hydrogen-bond donors (Lipinski definition) is 2. The van der Waals surface area contributed by atoms with Crippen LogP contribution in [0.3, 0.4) is 0 Å². The molecule has 0 bridgehead atoms. The lowest BCUT2D eigenvalue weighted by atomic mass is 9.88. The fraction of sp³-hybridized carbons (Fsp3) is 0.450. The van der Waals surface area contributed by atoms with Crippen molar-refractivity contribution in [1.82, 2.24) is 5.32 Å². The highest BCUT2D eigenvalue weighted by Gasteiger charge is 2.20. The van der Waals surface area contributed by atoms with Gasteiger partial charge in [-0.05, 0) is 55.0 Å². The van der Waals surface area contributed by atoms with Crippen molar-refractivity contribution < 1.29 is 4.79 Å². The molecule has 2 aliphatic rings. The Hall–Kier alpha value is -1.65. The first-order valence-electron chi connectivity index (χ1n) is 9.02. The van der Waals surface area contributed by atoms with E-state index >= 15 is 0 Å². The van der Waals surface area contributed by atoms with Gasteiger partial charge in [-0.15, -0.1) is 11.3 Å². The Morgan fingerprint density at radius 3 is 2.96 bits per heavy atom. The molecule has 1 saturated carbocycles. The van der Waals surface area contributed by atoms with Crippen LogP contribution in [-0.4, -0.2) is 12.5 Å². The summed E-state index contributed by atoms with van der Waals surface area (Å²) in [5.41, 5.74) is 4.34. The summed E-state index contributed by atoms with van der Waals surface area (Å²) in [5.74, 6) is 0.686. The third-order valence-corrected chi connectivity index (χ3v) is 6.38. The molecule has 0 saturated heterocycles. The number of rotatable bonds is 3. The Morgan fingerprint density at radius 2 is 2.08 bits per heavy atom. The lowest BCUT2D eigenvalue weighted by Gasteiger charge is -2.20. The van der Waals surface area contributed by atoms with E-state index in [2.05, 4.69) is 22.8 Å². The van der Waals surface area contributed by atoms with Gasteiger partial charge in [-0.25, -0.2) is 0 Å². The highest BCUT2D eigenvalue weighted by molar-refractivity contribution is 7.10. The minimum atomic E-state index is 0.0206. The molecule has 1 aliphatic heterocycles. The molecule has 4 rings (SSSR count). The van der Waals surface area contributed by atoms with E-state index in [-0.39, 0.29) is 5.91 Å². The standard InChI is InChI=1S/C20H24N2OS/c23-20(16-11-19(24-13-16)15-5-2-1-3-6-15)22-18-8-4-7-14-9-10-21-12-17(14)18/h4,7-8,11,13,15,21H,1-3,5-6,9-10,12H2,(H,22,23). The number of nitrogens with one attached hydrogen (secondary N) is 2. The van der Waals surface area contributed by atoms with Crippen molar-refractivity contribution in [2.75, 3.05) is 11.9 Å². The molecule has 3 nitrogen and oxygen atoms in total. The summed E-state index contributed by atoms with van der Waals surface area (Å²) in [5, 5.41) is 8.54. The van der Waals surface area contributed by atoms with E-state index in [1.54, 1.807) is 11.3 Å². The molecule has 1 aromatic carbocycles. The minimum absolute atomic E-state index is 0.0206. The maximum absolute atomic E-state index is 12.7. The molecule has 1 fully saturated rings. The largest absolute Gasteiger partial charge is 0.322 e. The molecule has 0 radical (unpaired) electrons. The van der Waals surface area contributed by atoms with Crippen LogP contribution in [0.1, 0.15) is 64.4 Å². The van der Waals surface area contributed by atoms with Gasteiger partial charge in [-0.2, -0.15) is 0 Å². The third kappa shape index (κ3) is 3.26. The Morgan fingerprint density at radius 1 is 1.21 bits per heavy atom. The smallest absolute Gasteiger partial charge is 0.256 e. The minimum Gasteiger partial charge on any atom is -0.322 e. The summed E-state index contributed by atoms with van der Waals surface area (Å²) < 4.78 is 0. The highest BCUT2D eigenvalue weighted by atomic mass is 32.1. The van der Waals surface area contributed by atoms with E-state index in [9.17, 15) is 4.79 Å². The van der Waals surface area contributed by atoms with Gasteiger partial charge in [0.2, 0.25) is 0 Å². The van der Waals surface area contributed by atoms with Gasteiger partial charge in [0.1, 0.15) is 0 Å². The van der Waals surface area contributed by atoms with Crippen molar-refractivity contribution in [2.45, 2.75) is 51.0 Å². The number of fused-ring (bicyclic) bond motifs is 1. The molecule has 126 valence electrons. The van der Waals surface area contributed by atoms with Crippen molar-refractivity contribution in [2.24, 2.45) is 0 Å². The van der Waals surface area contributed by atoms with E-state index in [0.29, 0.717) is 5.92 Å². The number of carbonyl (C=O) groups is 1. The van der Waals surface area contributed by atoms with Gasteiger partial charge >= 0.3 is 0 Å². The second kappa shape index (κ2) is 7.08. The van der Waals surface area contributed by atoms with Gasteiger partial charge in [0.15, 0.2) is 0 Å². The summed E-state index contributed by atoms with van der Waals surface area (Å²) in [4.78, 5) is 14.1. The fourth-order valence-corrected chi connectivity index (χ4v) is 4.96. The molecule has 0 spiro atoms. The SMILES string of the molecule is O=C(Nc1cccc2c1CNCC2)c1csc(C2CCCCC2)c1. The molecule has 2 N–H and O–H groups in total. The van der Waals surface area contributed by atoms with Gasteiger partial charge < -0.3 is 10.6 Å². The topological polar surface area (TPSA) is 41.1 Å². The first-order chi connectivity index (χ1) is 11.8. The summed E-state index contributed by atoms with van der Waals surface area (Å²) in [7, 11) is 0. The van der Waals surface area contributed by atoms with Crippen molar-refractivity contribution in [3.63, 3.8) is 0 Å². The molecule has 2 heterocycles. The average Bonchev–Trinajstić information content (AvgIpc) is 3.13.